The topological polar surface area (TPSA) is 26.0 Å². The van der Waals surface area contributed by atoms with E-state index >= 15 is 0 Å². The molecule has 1 nitrogen and oxygen atoms in total. The maximum absolute atomic E-state index is 13.4. The van der Waals surface area contributed by atoms with Crippen molar-refractivity contribution in [2.45, 2.75) is 19.4 Å². The fourth-order valence-electron chi connectivity index (χ4n) is 2.18. The first-order valence-electron chi connectivity index (χ1n) is 5.73. The van der Waals surface area contributed by atoms with Gasteiger partial charge in [0.2, 0.25) is 0 Å². The molecule has 0 spiro atoms. The number of rotatable bonds is 2. The van der Waals surface area contributed by atoms with Crippen LogP contribution in [0, 0.1) is 12.7 Å². The first-order valence-corrected chi connectivity index (χ1v) is 6.11. The zero-order valence-corrected chi connectivity index (χ0v) is 11.1. The molecule has 1 atom stereocenters. The van der Waals surface area contributed by atoms with Crippen LogP contribution in [0.4, 0.5) is 4.39 Å². The summed E-state index contributed by atoms with van der Waals surface area (Å²) in [6, 6.07) is 12.0. The number of aryl methyl sites for hydroxylation is 1. The number of benzene rings is 2. The second-order valence-corrected chi connectivity index (χ2v) is 5.05. The van der Waals surface area contributed by atoms with Gasteiger partial charge in [-0.05, 0) is 48.7 Å². The van der Waals surface area contributed by atoms with Gasteiger partial charge in [-0.1, -0.05) is 35.9 Å². The third-order valence-electron chi connectivity index (χ3n) is 3.19. The Bertz CT molecular complexity index is 578. The molecule has 0 aliphatic rings. The fourth-order valence-corrected chi connectivity index (χ4v) is 2.51. The Labute approximate surface area is 111 Å². The maximum atomic E-state index is 13.4. The molecule has 2 aromatic carbocycles. The van der Waals surface area contributed by atoms with E-state index in [2.05, 4.69) is 0 Å². The van der Waals surface area contributed by atoms with Crippen molar-refractivity contribution in [2.24, 2.45) is 5.73 Å². The lowest BCUT2D eigenvalue weighted by atomic mass is 9.83. The molecule has 2 rings (SSSR count). The van der Waals surface area contributed by atoms with Crippen molar-refractivity contribution >= 4 is 11.6 Å². The quantitative estimate of drug-likeness (QED) is 0.870. The van der Waals surface area contributed by atoms with E-state index < -0.39 is 5.54 Å². The van der Waals surface area contributed by atoms with Gasteiger partial charge in [0, 0.05) is 5.02 Å². The molecule has 2 aromatic rings. The summed E-state index contributed by atoms with van der Waals surface area (Å²) in [5.74, 6) is -0.292. The van der Waals surface area contributed by atoms with Crippen molar-refractivity contribution in [3.8, 4) is 0 Å². The van der Waals surface area contributed by atoms with Gasteiger partial charge in [0.25, 0.3) is 0 Å². The molecular formula is C15H15ClFN. The number of halogens is 2. The lowest BCUT2D eigenvalue weighted by molar-refractivity contribution is 0.578. The number of hydrogen-bond donors (Lipinski definition) is 1. The van der Waals surface area contributed by atoms with Gasteiger partial charge in [-0.2, -0.15) is 0 Å². The van der Waals surface area contributed by atoms with Crippen molar-refractivity contribution in [1.29, 1.82) is 0 Å². The third kappa shape index (κ3) is 2.26. The first kappa shape index (κ1) is 13.1. The molecule has 0 saturated carbocycles. The van der Waals surface area contributed by atoms with E-state index in [1.807, 2.05) is 32.0 Å². The molecule has 94 valence electrons. The highest BCUT2D eigenvalue weighted by molar-refractivity contribution is 6.31. The molecule has 3 heteroatoms. The van der Waals surface area contributed by atoms with Gasteiger partial charge >= 0.3 is 0 Å². The van der Waals surface area contributed by atoms with Crippen LogP contribution in [-0.2, 0) is 5.54 Å². The molecule has 2 N–H and O–H groups in total. The van der Waals surface area contributed by atoms with Crippen LogP contribution in [0.15, 0.2) is 42.5 Å². The average molecular weight is 264 g/mol. The number of nitrogens with two attached hydrogens (primary N) is 1. The molecule has 0 heterocycles. The summed E-state index contributed by atoms with van der Waals surface area (Å²) < 4.78 is 13.4. The van der Waals surface area contributed by atoms with Crippen LogP contribution in [-0.4, -0.2) is 0 Å². The van der Waals surface area contributed by atoms with Gasteiger partial charge < -0.3 is 5.73 Å². The van der Waals surface area contributed by atoms with Gasteiger partial charge in [-0.25, -0.2) is 4.39 Å². The van der Waals surface area contributed by atoms with Crippen LogP contribution in [0.25, 0.3) is 0 Å². The predicted octanol–water partition coefficient (Wildman–Crippen LogP) is 4.01. The highest BCUT2D eigenvalue weighted by Gasteiger charge is 2.27. The summed E-state index contributed by atoms with van der Waals surface area (Å²) in [7, 11) is 0. The zero-order chi connectivity index (χ0) is 13.3. The van der Waals surface area contributed by atoms with E-state index in [4.69, 9.17) is 17.3 Å². The van der Waals surface area contributed by atoms with Crippen LogP contribution >= 0.6 is 11.6 Å². The van der Waals surface area contributed by atoms with E-state index in [1.165, 1.54) is 12.1 Å². The molecule has 0 radical (unpaired) electrons. The Morgan fingerprint density at radius 1 is 1.11 bits per heavy atom. The van der Waals surface area contributed by atoms with Crippen LogP contribution in [0.1, 0.15) is 23.6 Å². The van der Waals surface area contributed by atoms with Crippen LogP contribution in [0.2, 0.25) is 5.02 Å². The molecule has 1 unspecified atom stereocenters. The second kappa shape index (κ2) is 4.71. The molecular weight excluding hydrogens is 249 g/mol. The highest BCUT2D eigenvalue weighted by Crippen LogP contribution is 2.33. The largest absolute Gasteiger partial charge is 0.318 e. The standard InChI is InChI=1S/C15H15ClFN/c1-10-7-8-11(17)9-13(10)15(2,18)12-5-3-4-6-14(12)16/h3-9H,18H2,1-2H3. The Morgan fingerprint density at radius 2 is 1.78 bits per heavy atom. The lowest BCUT2D eigenvalue weighted by Crippen LogP contribution is -2.35. The Balaban J connectivity index is 2.61. The van der Waals surface area contributed by atoms with Crippen molar-refractivity contribution in [1.82, 2.24) is 0 Å². The minimum atomic E-state index is -0.815. The van der Waals surface area contributed by atoms with Crippen LogP contribution in [0.3, 0.4) is 0 Å². The van der Waals surface area contributed by atoms with Crippen LogP contribution in [0.5, 0.6) is 0 Å². The summed E-state index contributed by atoms with van der Waals surface area (Å²) in [6.07, 6.45) is 0. The molecule has 18 heavy (non-hydrogen) atoms. The summed E-state index contributed by atoms with van der Waals surface area (Å²) in [5, 5.41) is 0.589. The summed E-state index contributed by atoms with van der Waals surface area (Å²) in [4.78, 5) is 0. The van der Waals surface area contributed by atoms with E-state index in [1.54, 1.807) is 12.1 Å². The molecule has 0 amide bonds. The van der Waals surface area contributed by atoms with Gasteiger partial charge in [0.05, 0.1) is 5.54 Å². The highest BCUT2D eigenvalue weighted by atomic mass is 35.5. The maximum Gasteiger partial charge on any atom is 0.123 e. The molecule has 0 aliphatic carbocycles. The van der Waals surface area contributed by atoms with E-state index in [9.17, 15) is 4.39 Å². The molecule has 0 aromatic heterocycles. The van der Waals surface area contributed by atoms with Crippen molar-refractivity contribution in [3.05, 3.63) is 70.0 Å². The van der Waals surface area contributed by atoms with Gasteiger partial charge in [-0.15, -0.1) is 0 Å². The smallest absolute Gasteiger partial charge is 0.123 e. The normalized spacial score (nSPS) is 14.3. The van der Waals surface area contributed by atoms with Gasteiger partial charge in [-0.3, -0.25) is 0 Å². The Kier molecular flexibility index (Phi) is 3.42. The predicted molar refractivity (Wildman–Crippen MR) is 73.2 cm³/mol. The molecule has 0 fully saturated rings. The molecule has 0 saturated heterocycles. The van der Waals surface area contributed by atoms with Crippen molar-refractivity contribution in [3.63, 3.8) is 0 Å². The molecule has 0 aliphatic heterocycles. The second-order valence-electron chi connectivity index (χ2n) is 4.64. The van der Waals surface area contributed by atoms with Gasteiger partial charge in [0.15, 0.2) is 0 Å². The van der Waals surface area contributed by atoms with Gasteiger partial charge in [0.1, 0.15) is 5.82 Å². The van der Waals surface area contributed by atoms with E-state index in [0.717, 1.165) is 16.7 Å². The molecule has 0 bridgehead atoms. The summed E-state index contributed by atoms with van der Waals surface area (Å²) in [5.41, 5.74) is 8.05. The monoisotopic (exact) mass is 263 g/mol. The minimum Gasteiger partial charge on any atom is -0.318 e. The lowest BCUT2D eigenvalue weighted by Gasteiger charge is -2.28. The zero-order valence-electron chi connectivity index (χ0n) is 10.4. The van der Waals surface area contributed by atoms with Crippen LogP contribution < -0.4 is 5.73 Å². The van der Waals surface area contributed by atoms with Crippen molar-refractivity contribution in [2.75, 3.05) is 0 Å². The Hall–Kier alpha value is -1.38. The van der Waals surface area contributed by atoms with E-state index in [-0.39, 0.29) is 5.82 Å². The summed E-state index contributed by atoms with van der Waals surface area (Å²) in [6.45, 7) is 3.76. The fraction of sp³-hybridized carbons (Fsp3) is 0.200. The van der Waals surface area contributed by atoms with Crippen molar-refractivity contribution < 1.29 is 4.39 Å². The average Bonchev–Trinajstić information content (AvgIpc) is 2.32. The third-order valence-corrected chi connectivity index (χ3v) is 3.52. The first-order chi connectivity index (χ1) is 8.43. The Morgan fingerprint density at radius 3 is 2.44 bits per heavy atom. The SMILES string of the molecule is Cc1ccc(F)cc1C(C)(N)c1ccccc1Cl. The minimum absolute atomic E-state index is 0.292. The van der Waals surface area contributed by atoms with E-state index in [0.29, 0.717) is 5.02 Å². The summed E-state index contributed by atoms with van der Waals surface area (Å²) >= 11 is 6.18. The number of hydrogen-bond acceptors (Lipinski definition) is 1.